The topological polar surface area (TPSA) is 63.4 Å². The zero-order valence-corrected chi connectivity index (χ0v) is 16.4. The van der Waals surface area contributed by atoms with E-state index in [2.05, 4.69) is 20.0 Å². The van der Waals surface area contributed by atoms with Gasteiger partial charge >= 0.3 is 0 Å². The molecule has 0 unspecified atom stereocenters. The predicted molar refractivity (Wildman–Crippen MR) is 114 cm³/mol. The molecule has 0 aliphatic heterocycles. The molecule has 0 radical (unpaired) electrons. The van der Waals surface area contributed by atoms with Gasteiger partial charge in [-0.25, -0.2) is 4.98 Å². The lowest BCUT2D eigenvalue weighted by Crippen LogP contribution is -2.07. The van der Waals surface area contributed by atoms with Crippen LogP contribution in [0.1, 0.15) is 36.6 Å². The molecule has 0 aromatic carbocycles. The Labute approximate surface area is 166 Å². The molecule has 0 atom stereocenters. The van der Waals surface area contributed by atoms with Crippen molar-refractivity contribution < 1.29 is 0 Å². The molecular formula is C23H25N5. The van der Waals surface area contributed by atoms with Gasteiger partial charge in [0, 0.05) is 49.7 Å². The lowest BCUT2D eigenvalue weighted by atomic mass is 10.2. The summed E-state index contributed by atoms with van der Waals surface area (Å²) in [6.45, 7) is 5.40. The molecule has 0 aliphatic rings. The van der Waals surface area contributed by atoms with E-state index in [0.29, 0.717) is 13.1 Å². The van der Waals surface area contributed by atoms with Crippen molar-refractivity contribution in [1.29, 1.82) is 0 Å². The van der Waals surface area contributed by atoms with E-state index < -0.39 is 0 Å². The van der Waals surface area contributed by atoms with E-state index in [1.54, 1.807) is 0 Å². The maximum absolute atomic E-state index is 4.73. The quantitative estimate of drug-likeness (QED) is 0.563. The Balaban J connectivity index is 1.60. The fourth-order valence-electron chi connectivity index (χ4n) is 2.77. The first-order valence-corrected chi connectivity index (χ1v) is 9.52. The molecule has 5 nitrogen and oxygen atoms in total. The third-order valence-corrected chi connectivity index (χ3v) is 4.38. The first-order chi connectivity index (χ1) is 13.7. The van der Waals surface area contributed by atoms with Gasteiger partial charge in [-0.2, -0.15) is 0 Å². The van der Waals surface area contributed by atoms with Gasteiger partial charge in [-0.3, -0.25) is 20.0 Å². The van der Waals surface area contributed by atoms with Crippen LogP contribution in [0.5, 0.6) is 0 Å². The Bertz CT molecular complexity index is 859. The van der Waals surface area contributed by atoms with E-state index in [0.717, 1.165) is 47.0 Å². The Kier molecular flexibility index (Phi) is 7.13. The number of rotatable bonds is 8. The average Bonchev–Trinajstić information content (AvgIpc) is 2.75. The van der Waals surface area contributed by atoms with E-state index in [1.165, 1.54) is 0 Å². The molecule has 0 amide bonds. The Hall–Kier alpha value is -3.21. The smallest absolute Gasteiger partial charge is 0.0845 e. The van der Waals surface area contributed by atoms with E-state index in [-0.39, 0.29) is 0 Å². The highest BCUT2D eigenvalue weighted by Crippen LogP contribution is 2.05. The normalized spacial score (nSPS) is 12.2. The SMILES string of the molecule is C/C(=N\CCc1ccccn1)c1cccc(/C(C)=N/CCc2ccccn2)n1. The minimum Gasteiger partial charge on any atom is -0.287 e. The summed E-state index contributed by atoms with van der Waals surface area (Å²) >= 11 is 0. The molecule has 5 heteroatoms. The molecule has 3 heterocycles. The summed E-state index contributed by atoms with van der Waals surface area (Å²) in [7, 11) is 0. The van der Waals surface area contributed by atoms with Gasteiger partial charge in [0.25, 0.3) is 0 Å². The molecular weight excluding hydrogens is 346 g/mol. The number of aliphatic imine (C=N–C) groups is 2. The van der Waals surface area contributed by atoms with Crippen LogP contribution in [0.2, 0.25) is 0 Å². The van der Waals surface area contributed by atoms with Crippen LogP contribution < -0.4 is 0 Å². The molecule has 3 rings (SSSR count). The largest absolute Gasteiger partial charge is 0.287 e. The highest BCUT2D eigenvalue weighted by Gasteiger charge is 2.04. The van der Waals surface area contributed by atoms with Crippen molar-refractivity contribution in [2.75, 3.05) is 13.1 Å². The van der Waals surface area contributed by atoms with Crippen molar-refractivity contribution in [3.05, 3.63) is 89.8 Å². The van der Waals surface area contributed by atoms with Crippen molar-refractivity contribution >= 4 is 11.4 Å². The van der Waals surface area contributed by atoms with Crippen molar-refractivity contribution in [3.8, 4) is 0 Å². The summed E-state index contributed by atoms with van der Waals surface area (Å²) in [5.41, 5.74) is 5.74. The fourth-order valence-corrected chi connectivity index (χ4v) is 2.77. The third kappa shape index (κ3) is 5.91. The van der Waals surface area contributed by atoms with Crippen LogP contribution in [0.3, 0.4) is 0 Å². The molecule has 28 heavy (non-hydrogen) atoms. The van der Waals surface area contributed by atoms with Crippen LogP contribution in [0.15, 0.2) is 77.0 Å². The first kappa shape index (κ1) is 19.5. The number of nitrogens with zero attached hydrogens (tertiary/aromatic N) is 5. The molecule has 0 aliphatic carbocycles. The highest BCUT2D eigenvalue weighted by atomic mass is 14.8. The maximum Gasteiger partial charge on any atom is 0.0845 e. The Morgan fingerprint density at radius 2 is 1.18 bits per heavy atom. The van der Waals surface area contributed by atoms with Crippen molar-refractivity contribution in [1.82, 2.24) is 15.0 Å². The van der Waals surface area contributed by atoms with E-state index in [1.807, 2.05) is 80.8 Å². The summed E-state index contributed by atoms with van der Waals surface area (Å²) in [6.07, 6.45) is 5.28. The van der Waals surface area contributed by atoms with Crippen LogP contribution in [0.4, 0.5) is 0 Å². The van der Waals surface area contributed by atoms with Crippen LogP contribution in [0, 0.1) is 0 Å². The van der Waals surface area contributed by atoms with Crippen molar-refractivity contribution in [2.45, 2.75) is 26.7 Å². The summed E-state index contributed by atoms with van der Waals surface area (Å²) in [4.78, 5) is 22.7. The van der Waals surface area contributed by atoms with Gasteiger partial charge in [-0.15, -0.1) is 0 Å². The third-order valence-electron chi connectivity index (χ3n) is 4.38. The lowest BCUT2D eigenvalue weighted by molar-refractivity contribution is 0.920. The van der Waals surface area contributed by atoms with E-state index in [4.69, 9.17) is 4.98 Å². The standard InChI is InChI=1S/C23H25N5/c1-18(24-16-12-20-8-3-5-14-26-20)22-10-7-11-23(28-22)19(2)25-17-13-21-9-4-6-15-27-21/h3-11,14-15H,12-13,16-17H2,1-2H3/b24-18+,25-19+. The maximum atomic E-state index is 4.73. The fraction of sp³-hybridized carbons (Fsp3) is 0.261. The van der Waals surface area contributed by atoms with Gasteiger partial charge in [0.05, 0.1) is 22.8 Å². The highest BCUT2D eigenvalue weighted by molar-refractivity contribution is 6.00. The van der Waals surface area contributed by atoms with Gasteiger partial charge in [-0.1, -0.05) is 18.2 Å². The number of pyridine rings is 3. The predicted octanol–water partition coefficient (Wildman–Crippen LogP) is 3.98. The summed E-state index contributed by atoms with van der Waals surface area (Å²) in [5.74, 6) is 0. The zero-order valence-electron chi connectivity index (χ0n) is 16.4. The van der Waals surface area contributed by atoms with Gasteiger partial charge in [0.1, 0.15) is 0 Å². The molecule has 0 saturated heterocycles. The van der Waals surface area contributed by atoms with Crippen LogP contribution >= 0.6 is 0 Å². The summed E-state index contributed by atoms with van der Waals surface area (Å²) < 4.78 is 0. The first-order valence-electron chi connectivity index (χ1n) is 9.52. The molecule has 0 bridgehead atoms. The lowest BCUT2D eigenvalue weighted by Gasteiger charge is -2.05. The minimum absolute atomic E-state index is 0.700. The van der Waals surface area contributed by atoms with Crippen LogP contribution in [-0.2, 0) is 12.8 Å². The summed E-state index contributed by atoms with van der Waals surface area (Å²) in [6, 6.07) is 17.9. The second kappa shape index (κ2) is 10.2. The van der Waals surface area contributed by atoms with Gasteiger partial charge in [0.15, 0.2) is 0 Å². The summed E-state index contributed by atoms with van der Waals surface area (Å²) in [5, 5.41) is 0. The molecule has 0 saturated carbocycles. The second-order valence-electron chi connectivity index (χ2n) is 6.48. The number of aromatic nitrogens is 3. The van der Waals surface area contributed by atoms with Crippen LogP contribution in [0.25, 0.3) is 0 Å². The van der Waals surface area contributed by atoms with E-state index in [9.17, 15) is 0 Å². The van der Waals surface area contributed by atoms with Crippen molar-refractivity contribution in [2.24, 2.45) is 9.98 Å². The monoisotopic (exact) mass is 371 g/mol. The second-order valence-corrected chi connectivity index (χ2v) is 6.48. The number of hydrogen-bond acceptors (Lipinski definition) is 5. The van der Waals surface area contributed by atoms with Gasteiger partial charge in [-0.05, 0) is 50.2 Å². The molecule has 142 valence electrons. The van der Waals surface area contributed by atoms with Crippen LogP contribution in [-0.4, -0.2) is 39.5 Å². The number of hydrogen-bond donors (Lipinski definition) is 0. The zero-order chi connectivity index (χ0) is 19.6. The van der Waals surface area contributed by atoms with E-state index >= 15 is 0 Å². The Morgan fingerprint density at radius 3 is 1.61 bits per heavy atom. The minimum atomic E-state index is 0.700. The molecule has 3 aromatic rings. The van der Waals surface area contributed by atoms with Gasteiger partial charge in [0.2, 0.25) is 0 Å². The average molecular weight is 371 g/mol. The molecule has 0 fully saturated rings. The van der Waals surface area contributed by atoms with Crippen molar-refractivity contribution in [3.63, 3.8) is 0 Å². The molecule has 3 aromatic heterocycles. The molecule has 0 N–H and O–H groups in total. The van der Waals surface area contributed by atoms with Gasteiger partial charge < -0.3 is 0 Å². The Morgan fingerprint density at radius 1 is 0.679 bits per heavy atom. The molecule has 0 spiro atoms.